The van der Waals surface area contributed by atoms with Crippen LogP contribution >= 0.6 is 11.3 Å². The highest BCUT2D eigenvalue weighted by molar-refractivity contribution is 7.18. The molecule has 44 heavy (non-hydrogen) atoms. The van der Waals surface area contributed by atoms with Crippen LogP contribution < -0.4 is 10.1 Å². The van der Waals surface area contributed by atoms with Crippen LogP contribution in [0.1, 0.15) is 18.7 Å². The zero-order valence-corrected chi connectivity index (χ0v) is 24.7. The molecule has 0 aliphatic carbocycles. The number of nitrogens with zero attached hydrogens (tertiary/aromatic N) is 4. The SMILES string of the molecule is C=CC(=O)N[C@H](C)c1cc(-c2nc(-c3cnn(C[C@@H](O)CO)c3)c3ccsc3c2-c2c(F)cc(F)cc2OCCOC)n[nH]1. The number of hydrogen-bond donors (Lipinski definition) is 4. The summed E-state index contributed by atoms with van der Waals surface area (Å²) in [6, 6.07) is 4.96. The Kier molecular flexibility index (Phi) is 9.44. The number of pyridine rings is 1. The molecular formula is C30H30F2N6O5S. The van der Waals surface area contributed by atoms with Gasteiger partial charge in [0.1, 0.15) is 35.4 Å². The molecule has 5 rings (SSSR count). The van der Waals surface area contributed by atoms with E-state index < -0.39 is 30.4 Å². The molecule has 0 saturated carbocycles. The molecule has 4 aromatic heterocycles. The van der Waals surface area contributed by atoms with Crippen LogP contribution in [0.2, 0.25) is 0 Å². The quantitative estimate of drug-likeness (QED) is 0.112. The van der Waals surface area contributed by atoms with Gasteiger partial charge in [0.05, 0.1) is 55.1 Å². The number of carbonyl (C=O) groups excluding carboxylic acids is 1. The molecule has 0 aliphatic heterocycles. The smallest absolute Gasteiger partial charge is 0.243 e. The first-order valence-corrected chi connectivity index (χ1v) is 14.4. The number of H-pyrrole nitrogens is 1. The molecule has 0 bridgehead atoms. The summed E-state index contributed by atoms with van der Waals surface area (Å²) in [5.41, 5.74) is 2.61. The monoisotopic (exact) mass is 624 g/mol. The number of rotatable bonds is 13. The van der Waals surface area contributed by atoms with E-state index in [1.165, 1.54) is 23.1 Å². The van der Waals surface area contributed by atoms with Gasteiger partial charge in [0.2, 0.25) is 5.91 Å². The maximum absolute atomic E-state index is 15.8. The Morgan fingerprint density at radius 1 is 1.25 bits per heavy atom. The number of aliphatic hydroxyl groups excluding tert-OH is 2. The molecule has 5 aromatic rings. The fraction of sp³-hybridized carbons (Fsp3) is 0.267. The van der Waals surface area contributed by atoms with Crippen LogP contribution in [0.25, 0.3) is 43.9 Å². The minimum atomic E-state index is -1.00. The van der Waals surface area contributed by atoms with Crippen molar-refractivity contribution in [3.05, 3.63) is 72.0 Å². The molecule has 0 unspecified atom stereocenters. The van der Waals surface area contributed by atoms with Crippen molar-refractivity contribution in [2.45, 2.75) is 25.6 Å². The molecule has 0 fully saturated rings. The lowest BCUT2D eigenvalue weighted by atomic mass is 9.97. The Hall–Kier alpha value is -4.50. The van der Waals surface area contributed by atoms with E-state index in [9.17, 15) is 19.4 Å². The van der Waals surface area contributed by atoms with Crippen LogP contribution in [0, 0.1) is 11.6 Å². The van der Waals surface area contributed by atoms with E-state index in [0.717, 1.165) is 18.2 Å². The number of aromatic nitrogens is 5. The summed E-state index contributed by atoms with van der Waals surface area (Å²) >= 11 is 1.33. The van der Waals surface area contributed by atoms with Crippen molar-refractivity contribution in [3.8, 4) is 39.5 Å². The number of aliphatic hydroxyl groups is 2. The fourth-order valence-electron chi connectivity index (χ4n) is 4.69. The van der Waals surface area contributed by atoms with Crippen LogP contribution in [0.5, 0.6) is 5.75 Å². The predicted octanol–water partition coefficient (Wildman–Crippen LogP) is 4.24. The van der Waals surface area contributed by atoms with Crippen molar-refractivity contribution < 1.29 is 33.3 Å². The van der Waals surface area contributed by atoms with Crippen molar-refractivity contribution in [2.24, 2.45) is 0 Å². The van der Waals surface area contributed by atoms with Gasteiger partial charge < -0.3 is 25.0 Å². The number of carbonyl (C=O) groups is 1. The molecule has 1 aromatic carbocycles. The molecule has 0 aliphatic rings. The van der Waals surface area contributed by atoms with Crippen LogP contribution in [-0.2, 0) is 16.1 Å². The number of hydrogen-bond acceptors (Lipinski definition) is 9. The molecule has 1 amide bonds. The molecule has 14 heteroatoms. The average Bonchev–Trinajstić information content (AvgIpc) is 3.78. The first-order valence-electron chi connectivity index (χ1n) is 13.6. The largest absolute Gasteiger partial charge is 0.490 e. The van der Waals surface area contributed by atoms with E-state index in [2.05, 4.69) is 27.2 Å². The van der Waals surface area contributed by atoms with Crippen LogP contribution in [-0.4, -0.2) is 74.1 Å². The number of benzene rings is 1. The number of aromatic amines is 1. The minimum Gasteiger partial charge on any atom is -0.490 e. The van der Waals surface area contributed by atoms with Gasteiger partial charge in [-0.3, -0.25) is 14.6 Å². The molecule has 2 atom stereocenters. The van der Waals surface area contributed by atoms with E-state index in [0.29, 0.717) is 38.3 Å². The molecule has 11 nitrogen and oxygen atoms in total. The Bertz CT molecular complexity index is 1800. The first kappa shape index (κ1) is 30.9. The second kappa shape index (κ2) is 13.4. The fourth-order valence-corrected chi connectivity index (χ4v) is 5.64. The third-order valence-corrected chi connectivity index (χ3v) is 7.72. The van der Waals surface area contributed by atoms with Crippen molar-refractivity contribution in [1.82, 2.24) is 30.3 Å². The molecule has 0 spiro atoms. The predicted molar refractivity (Wildman–Crippen MR) is 161 cm³/mol. The van der Waals surface area contributed by atoms with Crippen LogP contribution in [0.3, 0.4) is 0 Å². The Morgan fingerprint density at radius 2 is 2.07 bits per heavy atom. The lowest BCUT2D eigenvalue weighted by molar-refractivity contribution is -0.117. The van der Waals surface area contributed by atoms with E-state index in [1.807, 2.05) is 11.4 Å². The summed E-state index contributed by atoms with van der Waals surface area (Å²) in [6.07, 6.45) is 3.42. The van der Waals surface area contributed by atoms with Gasteiger partial charge in [-0.05, 0) is 30.5 Å². The minimum absolute atomic E-state index is 0.00308. The summed E-state index contributed by atoms with van der Waals surface area (Å²) in [5, 5.41) is 36.1. The molecule has 4 N–H and O–H groups in total. The highest BCUT2D eigenvalue weighted by Crippen LogP contribution is 2.47. The Morgan fingerprint density at radius 3 is 2.82 bits per heavy atom. The molecule has 230 valence electrons. The third-order valence-electron chi connectivity index (χ3n) is 6.79. The number of fused-ring (bicyclic) bond motifs is 1. The second-order valence-corrected chi connectivity index (χ2v) is 10.8. The number of thiophene rings is 1. The summed E-state index contributed by atoms with van der Waals surface area (Å²) < 4.78 is 43.3. The van der Waals surface area contributed by atoms with Gasteiger partial charge in [0.15, 0.2) is 0 Å². The summed E-state index contributed by atoms with van der Waals surface area (Å²) in [4.78, 5) is 16.9. The normalized spacial score (nSPS) is 12.8. The highest BCUT2D eigenvalue weighted by Gasteiger charge is 2.27. The maximum atomic E-state index is 15.8. The summed E-state index contributed by atoms with van der Waals surface area (Å²) in [6.45, 7) is 5.12. The van der Waals surface area contributed by atoms with E-state index in [1.54, 1.807) is 25.4 Å². The van der Waals surface area contributed by atoms with Gasteiger partial charge in [-0.15, -0.1) is 11.3 Å². The zero-order chi connectivity index (χ0) is 31.4. The van der Waals surface area contributed by atoms with Crippen molar-refractivity contribution in [1.29, 1.82) is 0 Å². The van der Waals surface area contributed by atoms with Gasteiger partial charge in [-0.2, -0.15) is 10.2 Å². The number of nitrogens with one attached hydrogen (secondary N) is 2. The van der Waals surface area contributed by atoms with Gasteiger partial charge in [0.25, 0.3) is 0 Å². The molecule has 0 saturated heterocycles. The Labute approximate surface area is 254 Å². The van der Waals surface area contributed by atoms with Gasteiger partial charge in [-0.25, -0.2) is 13.8 Å². The van der Waals surface area contributed by atoms with Crippen LogP contribution in [0.15, 0.2) is 54.7 Å². The summed E-state index contributed by atoms with van der Waals surface area (Å²) in [7, 11) is 1.49. The zero-order valence-electron chi connectivity index (χ0n) is 23.9. The maximum Gasteiger partial charge on any atom is 0.243 e. The van der Waals surface area contributed by atoms with Gasteiger partial charge >= 0.3 is 0 Å². The summed E-state index contributed by atoms with van der Waals surface area (Å²) in [5.74, 6) is -2.06. The molecule has 4 heterocycles. The number of methoxy groups -OCH3 is 1. The molecular weight excluding hydrogens is 594 g/mol. The standard InChI is InChI=1S/C30H30F2N6O5S/c1-4-25(41)34-16(2)22-11-23(37-36-22)29-27(26-21(32)9-18(31)10-24(26)43-7-6-42-3)30-20(5-8-44-30)28(35-29)17-12-33-38(13-17)14-19(40)15-39/h4-5,8-13,16,19,39-40H,1,6-7,14-15H2,2-3H3,(H,34,41)(H,36,37)/t16-,19-/m1/s1. The number of amides is 1. The van der Waals surface area contributed by atoms with Crippen molar-refractivity contribution in [2.75, 3.05) is 26.9 Å². The number of halogens is 2. The third kappa shape index (κ3) is 6.38. The number of ether oxygens (including phenoxy) is 2. The van der Waals surface area contributed by atoms with Crippen LogP contribution in [0.4, 0.5) is 8.78 Å². The lowest BCUT2D eigenvalue weighted by Gasteiger charge is -2.17. The average molecular weight is 625 g/mol. The highest BCUT2D eigenvalue weighted by atomic mass is 32.1. The lowest BCUT2D eigenvalue weighted by Crippen LogP contribution is -2.24. The van der Waals surface area contributed by atoms with E-state index >= 15 is 4.39 Å². The topological polar surface area (TPSA) is 147 Å². The van der Waals surface area contributed by atoms with Gasteiger partial charge in [0, 0.05) is 46.7 Å². The van der Waals surface area contributed by atoms with Gasteiger partial charge in [-0.1, -0.05) is 6.58 Å². The van der Waals surface area contributed by atoms with Crippen molar-refractivity contribution in [3.63, 3.8) is 0 Å². The van der Waals surface area contributed by atoms with E-state index in [-0.39, 0.29) is 42.7 Å². The first-order chi connectivity index (χ1) is 21.2. The Balaban J connectivity index is 1.74. The molecule has 0 radical (unpaired) electrons. The van der Waals surface area contributed by atoms with E-state index in [4.69, 9.17) is 14.5 Å². The second-order valence-electron chi connectivity index (χ2n) is 9.88. The van der Waals surface area contributed by atoms with Crippen molar-refractivity contribution >= 4 is 27.3 Å².